The molecule has 2 fully saturated rings. The van der Waals surface area contributed by atoms with Crippen molar-refractivity contribution in [1.82, 2.24) is 15.5 Å². The summed E-state index contributed by atoms with van der Waals surface area (Å²) in [7, 11) is 0. The number of fused-ring (bicyclic) bond motifs is 1. The highest BCUT2D eigenvalue weighted by atomic mass is 16.3. The number of likely N-dealkylation sites (tertiary alicyclic amines) is 1. The van der Waals surface area contributed by atoms with Gasteiger partial charge in [-0.25, -0.2) is 0 Å². The lowest BCUT2D eigenvalue weighted by Gasteiger charge is -2.38. The van der Waals surface area contributed by atoms with Crippen LogP contribution in [0.5, 0.6) is 5.75 Å². The molecule has 41 heavy (non-hydrogen) atoms. The maximum atomic E-state index is 14.1. The predicted molar refractivity (Wildman–Crippen MR) is 155 cm³/mol. The van der Waals surface area contributed by atoms with Crippen LogP contribution in [0.4, 0.5) is 0 Å². The van der Waals surface area contributed by atoms with Gasteiger partial charge in [0.1, 0.15) is 23.9 Å². The van der Waals surface area contributed by atoms with Crippen molar-refractivity contribution in [3.05, 3.63) is 29.8 Å². The van der Waals surface area contributed by atoms with Gasteiger partial charge in [0.2, 0.25) is 17.7 Å². The number of phenols is 1. The van der Waals surface area contributed by atoms with Crippen LogP contribution < -0.4 is 22.1 Å². The summed E-state index contributed by atoms with van der Waals surface area (Å²) >= 11 is 0. The molecule has 1 aliphatic carbocycles. The fourth-order valence-electron chi connectivity index (χ4n) is 5.85. The number of benzene rings is 1. The van der Waals surface area contributed by atoms with Crippen molar-refractivity contribution in [2.75, 3.05) is 13.1 Å². The SMILES string of the molecule is CC(C)CC(NC(=O)[C@H](O)Cc1ccc(O)cc1)C(=O)N1[C@H](C(=O)NCCCCN=C(N)N)C[C@@H]2CC[C@@H](O)C[C@@H]21. The molecule has 0 spiro atoms. The van der Waals surface area contributed by atoms with Crippen molar-refractivity contribution in [3.8, 4) is 5.75 Å². The Morgan fingerprint density at radius 3 is 2.46 bits per heavy atom. The largest absolute Gasteiger partial charge is 0.508 e. The third-order valence-electron chi connectivity index (χ3n) is 7.87. The number of carbonyl (C=O) groups excluding carboxylic acids is 3. The normalized spacial score (nSPS) is 23.4. The number of nitrogens with two attached hydrogens (primary N) is 2. The molecule has 1 aromatic carbocycles. The second-order valence-corrected chi connectivity index (χ2v) is 11.7. The predicted octanol–water partition coefficient (Wildman–Crippen LogP) is 0.127. The van der Waals surface area contributed by atoms with Crippen molar-refractivity contribution in [2.45, 2.75) is 95.5 Å². The Kier molecular flexibility index (Phi) is 11.8. The van der Waals surface area contributed by atoms with E-state index >= 15 is 0 Å². The Labute approximate surface area is 241 Å². The number of aromatic hydroxyl groups is 1. The van der Waals surface area contributed by atoms with Crippen LogP contribution in [-0.2, 0) is 20.8 Å². The third-order valence-corrected chi connectivity index (χ3v) is 7.87. The second-order valence-electron chi connectivity index (χ2n) is 11.7. The van der Waals surface area contributed by atoms with Gasteiger partial charge < -0.3 is 42.3 Å². The number of hydrogen-bond acceptors (Lipinski definition) is 7. The number of aliphatic hydroxyl groups is 2. The van der Waals surface area contributed by atoms with Crippen LogP contribution in [0, 0.1) is 11.8 Å². The first-order valence-corrected chi connectivity index (χ1v) is 14.6. The summed E-state index contributed by atoms with van der Waals surface area (Å²) in [6, 6.07) is 4.22. The maximum absolute atomic E-state index is 14.1. The lowest BCUT2D eigenvalue weighted by molar-refractivity contribution is -0.145. The minimum absolute atomic E-state index is 0.0174. The molecule has 0 bridgehead atoms. The first-order chi connectivity index (χ1) is 19.5. The van der Waals surface area contributed by atoms with E-state index in [1.165, 1.54) is 12.1 Å². The molecule has 12 heteroatoms. The van der Waals surface area contributed by atoms with Crippen LogP contribution in [0.2, 0.25) is 0 Å². The fourth-order valence-corrected chi connectivity index (χ4v) is 5.85. The number of phenolic OH excluding ortho intramolecular Hbond substituents is 1. The summed E-state index contributed by atoms with van der Waals surface area (Å²) in [4.78, 5) is 46.0. The first-order valence-electron chi connectivity index (χ1n) is 14.6. The van der Waals surface area contributed by atoms with E-state index in [9.17, 15) is 29.7 Å². The maximum Gasteiger partial charge on any atom is 0.249 e. The Bertz CT molecular complexity index is 1060. The highest BCUT2D eigenvalue weighted by Gasteiger charge is 2.50. The number of nitrogens with zero attached hydrogens (tertiary/aromatic N) is 2. The Morgan fingerprint density at radius 1 is 1.10 bits per heavy atom. The number of unbranched alkanes of at least 4 members (excludes halogenated alkanes) is 1. The van der Waals surface area contributed by atoms with E-state index in [0.717, 1.165) is 0 Å². The van der Waals surface area contributed by atoms with Crippen LogP contribution in [0.3, 0.4) is 0 Å². The highest BCUT2D eigenvalue weighted by molar-refractivity contribution is 5.93. The monoisotopic (exact) mass is 574 g/mol. The molecule has 1 saturated heterocycles. The first kappa shape index (κ1) is 32.1. The summed E-state index contributed by atoms with van der Waals surface area (Å²) < 4.78 is 0. The van der Waals surface area contributed by atoms with Crippen LogP contribution in [0.15, 0.2) is 29.3 Å². The average Bonchev–Trinajstić information content (AvgIpc) is 3.29. The molecule has 1 saturated carbocycles. The van der Waals surface area contributed by atoms with E-state index in [1.807, 2.05) is 13.8 Å². The Morgan fingerprint density at radius 2 is 1.80 bits per heavy atom. The molecule has 6 atom stereocenters. The number of aliphatic hydroxyl groups excluding tert-OH is 2. The van der Waals surface area contributed by atoms with E-state index in [4.69, 9.17) is 11.5 Å². The third kappa shape index (κ3) is 9.32. The minimum Gasteiger partial charge on any atom is -0.508 e. The molecular weight excluding hydrogens is 528 g/mol. The molecule has 9 N–H and O–H groups in total. The zero-order valence-corrected chi connectivity index (χ0v) is 24.0. The second kappa shape index (κ2) is 15.0. The average molecular weight is 575 g/mol. The molecule has 3 rings (SSSR count). The van der Waals surface area contributed by atoms with Crippen LogP contribution in [-0.4, -0.2) is 87.3 Å². The lowest BCUT2D eigenvalue weighted by Crippen LogP contribution is -2.58. The summed E-state index contributed by atoms with van der Waals surface area (Å²) in [5.74, 6) is -1.09. The molecule has 1 aliphatic heterocycles. The van der Waals surface area contributed by atoms with Crippen molar-refractivity contribution >= 4 is 23.7 Å². The molecule has 1 unspecified atom stereocenters. The number of aliphatic imine (C=N–C) groups is 1. The van der Waals surface area contributed by atoms with E-state index in [0.29, 0.717) is 63.6 Å². The molecular formula is C29H46N6O6. The zero-order valence-electron chi connectivity index (χ0n) is 24.0. The van der Waals surface area contributed by atoms with E-state index in [2.05, 4.69) is 15.6 Å². The van der Waals surface area contributed by atoms with Crippen LogP contribution >= 0.6 is 0 Å². The number of nitrogens with one attached hydrogen (secondary N) is 2. The fraction of sp³-hybridized carbons (Fsp3) is 0.655. The standard InChI is InChI=1S/C29H46N6O6/c1-17(2)13-22(34-27(40)25(38)14-18-5-8-20(36)9-6-18)28(41)35-23-16-21(37)10-7-19(23)15-24(35)26(39)32-11-3-4-12-33-29(30)31/h5-6,8-9,17,19,21-25,36-38H,3-4,7,10-16H2,1-2H3,(H,32,39)(H,34,40)(H4,30,31,33)/t19-,21+,22?,23-,24-,25+/m0/s1. The lowest BCUT2D eigenvalue weighted by atomic mass is 9.83. The zero-order chi connectivity index (χ0) is 30.1. The number of amides is 3. The minimum atomic E-state index is -1.40. The van der Waals surface area contributed by atoms with Crippen molar-refractivity contribution in [2.24, 2.45) is 28.3 Å². The summed E-state index contributed by atoms with van der Waals surface area (Å²) in [6.45, 7) is 4.74. The van der Waals surface area contributed by atoms with Gasteiger partial charge in [0.15, 0.2) is 5.96 Å². The topological polar surface area (TPSA) is 204 Å². The molecule has 1 heterocycles. The number of carbonyl (C=O) groups is 3. The molecule has 0 radical (unpaired) electrons. The van der Waals surface area contributed by atoms with Gasteiger partial charge in [-0.2, -0.15) is 0 Å². The summed E-state index contributed by atoms with van der Waals surface area (Å²) in [6.07, 6.45) is 1.95. The number of rotatable bonds is 13. The summed E-state index contributed by atoms with van der Waals surface area (Å²) in [5, 5.41) is 36.2. The van der Waals surface area contributed by atoms with Gasteiger partial charge in [0.05, 0.1) is 6.10 Å². The van der Waals surface area contributed by atoms with Gasteiger partial charge in [0.25, 0.3) is 0 Å². The van der Waals surface area contributed by atoms with E-state index in [1.54, 1.807) is 17.0 Å². The van der Waals surface area contributed by atoms with Crippen molar-refractivity contribution in [1.29, 1.82) is 0 Å². The van der Waals surface area contributed by atoms with E-state index in [-0.39, 0.29) is 47.8 Å². The summed E-state index contributed by atoms with van der Waals surface area (Å²) in [5.41, 5.74) is 11.3. The molecule has 2 aliphatic rings. The molecule has 228 valence electrons. The quantitative estimate of drug-likeness (QED) is 0.0977. The highest BCUT2D eigenvalue weighted by Crippen LogP contribution is 2.40. The van der Waals surface area contributed by atoms with Crippen LogP contribution in [0.1, 0.15) is 64.4 Å². The van der Waals surface area contributed by atoms with E-state index < -0.39 is 30.2 Å². The van der Waals surface area contributed by atoms with Gasteiger partial charge in [-0.1, -0.05) is 26.0 Å². The van der Waals surface area contributed by atoms with Gasteiger partial charge in [0, 0.05) is 25.6 Å². The number of guanidine groups is 1. The number of hydrogen-bond donors (Lipinski definition) is 7. The van der Waals surface area contributed by atoms with Crippen molar-refractivity contribution in [3.63, 3.8) is 0 Å². The van der Waals surface area contributed by atoms with Crippen LogP contribution in [0.25, 0.3) is 0 Å². The smallest absolute Gasteiger partial charge is 0.249 e. The molecule has 1 aromatic rings. The van der Waals surface area contributed by atoms with Crippen molar-refractivity contribution < 1.29 is 29.7 Å². The molecule has 0 aromatic heterocycles. The van der Waals surface area contributed by atoms with Gasteiger partial charge in [-0.15, -0.1) is 0 Å². The molecule has 3 amide bonds. The Hall–Kier alpha value is -3.38. The van der Waals surface area contributed by atoms with Gasteiger partial charge >= 0.3 is 0 Å². The Balaban J connectivity index is 1.72. The van der Waals surface area contributed by atoms with Gasteiger partial charge in [-0.05, 0) is 74.5 Å². The molecule has 12 nitrogen and oxygen atoms in total. The van der Waals surface area contributed by atoms with Gasteiger partial charge in [-0.3, -0.25) is 19.4 Å².